The number of amides is 1. The summed E-state index contributed by atoms with van der Waals surface area (Å²) in [7, 11) is 1.14. The van der Waals surface area contributed by atoms with Crippen LogP contribution in [-0.2, 0) is 16.8 Å². The van der Waals surface area contributed by atoms with Gasteiger partial charge in [-0.15, -0.1) is 0 Å². The molecule has 3 rings (SSSR count). The summed E-state index contributed by atoms with van der Waals surface area (Å²) in [6, 6.07) is 4.43. The molecule has 1 aromatic heterocycles. The van der Waals surface area contributed by atoms with Gasteiger partial charge in [0.15, 0.2) is 5.82 Å². The maximum Gasteiger partial charge on any atom is 0.412 e. The summed E-state index contributed by atoms with van der Waals surface area (Å²) >= 11 is 0. The molecule has 5 N–H and O–H groups in total. The number of aliphatic hydroxyl groups is 1. The Morgan fingerprint density at radius 2 is 2.32 bits per heavy atom. The number of phenols is 1. The summed E-state index contributed by atoms with van der Waals surface area (Å²) in [6.45, 7) is 3.69. The Balaban J connectivity index is 1.87. The minimum atomic E-state index is -1.61. The number of nitrogens with zero attached hydrogens (tertiary/aromatic N) is 4. The number of methoxy groups -OCH3 is 1. The molecule has 34 heavy (non-hydrogen) atoms. The van der Waals surface area contributed by atoms with Crippen LogP contribution in [0.5, 0.6) is 5.75 Å². The van der Waals surface area contributed by atoms with E-state index in [9.17, 15) is 24.7 Å². The molecule has 0 radical (unpaired) electrons. The number of ether oxygens (including phenoxy) is 1. The Bertz CT molecular complexity index is 1120. The summed E-state index contributed by atoms with van der Waals surface area (Å²) in [4.78, 5) is 13.3. The second kappa shape index (κ2) is 10.2. The minimum absolute atomic E-state index is 0.0252. The summed E-state index contributed by atoms with van der Waals surface area (Å²) < 4.78 is 35.9. The molecule has 12 heteroatoms. The lowest BCUT2D eigenvalue weighted by molar-refractivity contribution is 0.00644. The number of carbonyl (C=O) groups excluding carboxylic acids is 1. The third-order valence-electron chi connectivity index (χ3n) is 5.98. The number of rotatable bonds is 7. The highest BCUT2D eigenvalue weighted by Gasteiger charge is 2.46. The molecule has 2 aromatic rings. The second-order valence-corrected chi connectivity index (χ2v) is 8.04. The number of anilines is 1. The first-order chi connectivity index (χ1) is 16.1. The zero-order valence-corrected chi connectivity index (χ0v) is 18.5. The molecule has 0 saturated carbocycles. The zero-order chi connectivity index (χ0) is 25.0. The van der Waals surface area contributed by atoms with Crippen molar-refractivity contribution in [1.82, 2.24) is 14.7 Å². The molecule has 1 amide bonds. The molecule has 0 aliphatic carbocycles. The van der Waals surface area contributed by atoms with Gasteiger partial charge in [-0.2, -0.15) is 10.4 Å². The Morgan fingerprint density at radius 1 is 1.59 bits per heavy atom. The molecule has 182 valence electrons. The average molecular weight is 476 g/mol. The predicted octanol–water partition coefficient (Wildman–Crippen LogP) is 2.35. The predicted molar refractivity (Wildman–Crippen MR) is 119 cm³/mol. The van der Waals surface area contributed by atoms with Crippen molar-refractivity contribution in [2.24, 2.45) is 5.73 Å². The first kappa shape index (κ1) is 25.1. The number of nitrogens with one attached hydrogen (secondary N) is 1. The van der Waals surface area contributed by atoms with E-state index in [1.165, 1.54) is 23.0 Å². The van der Waals surface area contributed by atoms with Gasteiger partial charge in [-0.05, 0) is 18.6 Å². The SMILES string of the molecule is C=Cc1cc(F)c(CN2CCC(CC#N)(n3cc(C(N)O)c(NC(=O)OC)n3)C(F)C2)cc1O. The third kappa shape index (κ3) is 4.86. The fourth-order valence-corrected chi connectivity index (χ4v) is 4.04. The van der Waals surface area contributed by atoms with Gasteiger partial charge in [0.1, 0.15) is 29.5 Å². The van der Waals surface area contributed by atoms with Gasteiger partial charge in [0.2, 0.25) is 0 Å². The number of hydrogen-bond acceptors (Lipinski definition) is 8. The number of benzene rings is 1. The van der Waals surface area contributed by atoms with Crippen LogP contribution < -0.4 is 11.1 Å². The van der Waals surface area contributed by atoms with Crippen LogP contribution in [-0.4, -0.2) is 57.4 Å². The van der Waals surface area contributed by atoms with Gasteiger partial charge < -0.3 is 20.7 Å². The maximum absolute atomic E-state index is 15.7. The van der Waals surface area contributed by atoms with Crippen molar-refractivity contribution in [3.05, 3.63) is 47.4 Å². The molecule has 1 aliphatic heterocycles. The van der Waals surface area contributed by atoms with Gasteiger partial charge in [0, 0.05) is 37.0 Å². The van der Waals surface area contributed by atoms with E-state index >= 15 is 4.39 Å². The van der Waals surface area contributed by atoms with Gasteiger partial charge >= 0.3 is 6.09 Å². The van der Waals surface area contributed by atoms with Crippen molar-refractivity contribution in [2.45, 2.75) is 37.3 Å². The van der Waals surface area contributed by atoms with Crippen LogP contribution in [0.15, 0.2) is 24.9 Å². The molecule has 1 aromatic carbocycles. The van der Waals surface area contributed by atoms with E-state index in [1.54, 1.807) is 4.90 Å². The first-order valence-corrected chi connectivity index (χ1v) is 10.4. The zero-order valence-electron chi connectivity index (χ0n) is 18.5. The molecule has 1 fully saturated rings. The Kier molecular flexibility index (Phi) is 7.51. The minimum Gasteiger partial charge on any atom is -0.507 e. The first-order valence-electron chi connectivity index (χ1n) is 10.4. The van der Waals surface area contributed by atoms with Gasteiger partial charge in [-0.25, -0.2) is 13.6 Å². The number of alkyl halides is 1. The van der Waals surface area contributed by atoms with Crippen molar-refractivity contribution >= 4 is 18.0 Å². The summed E-state index contributed by atoms with van der Waals surface area (Å²) in [6.07, 6.45) is -1.49. The number of halogens is 2. The van der Waals surface area contributed by atoms with E-state index < -0.39 is 29.8 Å². The largest absolute Gasteiger partial charge is 0.507 e. The number of nitriles is 1. The third-order valence-corrected chi connectivity index (χ3v) is 5.98. The Hall–Kier alpha value is -3.53. The molecule has 10 nitrogen and oxygen atoms in total. The number of hydrogen-bond donors (Lipinski definition) is 4. The van der Waals surface area contributed by atoms with Crippen molar-refractivity contribution in [2.75, 3.05) is 25.5 Å². The standard InChI is InChI=1S/C22H26F2N6O4/c1-3-13-8-16(23)14(9-17(13)31)10-29-7-5-22(4-6-25,18(24)12-29)30-11-15(19(26)32)20(28-30)27-21(33)34-2/h3,8-9,11,18-19,31-32H,1,4-5,7,10,12,26H2,2H3,(H,27,28,33). The van der Waals surface area contributed by atoms with E-state index in [0.717, 1.165) is 13.2 Å². The lowest BCUT2D eigenvalue weighted by Crippen LogP contribution is -2.54. The van der Waals surface area contributed by atoms with Crippen LogP contribution in [0.1, 0.15) is 35.8 Å². The van der Waals surface area contributed by atoms with E-state index in [0.29, 0.717) is 0 Å². The fraction of sp³-hybridized carbons (Fsp3) is 0.409. The van der Waals surface area contributed by atoms with E-state index in [1.807, 2.05) is 6.07 Å². The number of carbonyl (C=O) groups is 1. The lowest BCUT2D eigenvalue weighted by atomic mass is 9.83. The van der Waals surface area contributed by atoms with E-state index in [-0.39, 0.29) is 60.7 Å². The summed E-state index contributed by atoms with van der Waals surface area (Å²) in [5.41, 5.74) is 4.63. The highest BCUT2D eigenvalue weighted by atomic mass is 19.1. The van der Waals surface area contributed by atoms with E-state index in [2.05, 4.69) is 21.7 Å². The molecular formula is C22H26F2N6O4. The number of aliphatic hydroxyl groups excluding tert-OH is 1. The van der Waals surface area contributed by atoms with Gasteiger partial charge in [0.25, 0.3) is 0 Å². The second-order valence-electron chi connectivity index (χ2n) is 8.04. The Morgan fingerprint density at radius 3 is 2.91 bits per heavy atom. The van der Waals surface area contributed by atoms with Gasteiger partial charge in [0.05, 0.1) is 25.2 Å². The Labute approximate surface area is 194 Å². The van der Waals surface area contributed by atoms with Crippen molar-refractivity contribution in [1.29, 1.82) is 5.26 Å². The quantitative estimate of drug-likeness (QED) is 0.445. The normalized spacial score (nSPS) is 21.5. The number of aromatic hydroxyl groups is 1. The summed E-state index contributed by atoms with van der Waals surface area (Å²) in [5, 5.41) is 35.8. The van der Waals surface area contributed by atoms with E-state index in [4.69, 9.17) is 5.73 Å². The lowest BCUT2D eigenvalue weighted by Gasteiger charge is -2.43. The highest BCUT2D eigenvalue weighted by Crippen LogP contribution is 2.38. The maximum atomic E-state index is 15.7. The molecule has 1 aliphatic rings. The summed E-state index contributed by atoms with van der Waals surface area (Å²) in [5.74, 6) is -0.799. The van der Waals surface area contributed by atoms with Crippen molar-refractivity contribution in [3.8, 4) is 11.8 Å². The van der Waals surface area contributed by atoms with Crippen molar-refractivity contribution < 1.29 is 28.5 Å². The average Bonchev–Trinajstić information content (AvgIpc) is 3.22. The van der Waals surface area contributed by atoms with Crippen LogP contribution in [0.2, 0.25) is 0 Å². The molecule has 0 spiro atoms. The number of aromatic nitrogens is 2. The van der Waals surface area contributed by atoms with Crippen LogP contribution in [0.3, 0.4) is 0 Å². The monoisotopic (exact) mass is 476 g/mol. The van der Waals surface area contributed by atoms with Crippen LogP contribution in [0.4, 0.5) is 19.4 Å². The van der Waals surface area contributed by atoms with Gasteiger partial charge in [-0.1, -0.05) is 12.7 Å². The number of piperidine rings is 1. The van der Waals surface area contributed by atoms with Crippen LogP contribution in [0.25, 0.3) is 6.08 Å². The molecule has 3 atom stereocenters. The fourth-order valence-electron chi connectivity index (χ4n) is 4.04. The molecule has 2 heterocycles. The number of phenolic OH excluding ortho intramolecular Hbond substituents is 1. The van der Waals surface area contributed by atoms with Crippen LogP contribution >= 0.6 is 0 Å². The van der Waals surface area contributed by atoms with Crippen molar-refractivity contribution in [3.63, 3.8) is 0 Å². The van der Waals surface area contributed by atoms with Crippen LogP contribution in [0, 0.1) is 17.1 Å². The topological polar surface area (TPSA) is 150 Å². The molecule has 3 unspecified atom stereocenters. The molecule has 0 bridgehead atoms. The number of likely N-dealkylation sites (tertiary alicyclic amines) is 1. The number of nitrogens with two attached hydrogens (primary N) is 1. The highest BCUT2D eigenvalue weighted by molar-refractivity contribution is 5.84. The molecular weight excluding hydrogens is 450 g/mol. The smallest absolute Gasteiger partial charge is 0.412 e. The molecule has 1 saturated heterocycles. The van der Waals surface area contributed by atoms with Gasteiger partial charge in [-0.3, -0.25) is 14.9 Å².